The summed E-state index contributed by atoms with van der Waals surface area (Å²) in [7, 11) is 0. The Bertz CT molecular complexity index is 951. The fraction of sp³-hybridized carbons (Fsp3) is 0.948. The lowest BCUT2D eigenvalue weighted by molar-refractivity contribution is -0.167. The largest absolute Gasteiger partial charge is 0.462 e. The highest BCUT2D eigenvalue weighted by molar-refractivity contribution is 5.71. The van der Waals surface area contributed by atoms with Crippen molar-refractivity contribution in [3.63, 3.8) is 0 Å². The summed E-state index contributed by atoms with van der Waals surface area (Å²) < 4.78 is 16.9. The van der Waals surface area contributed by atoms with Gasteiger partial charge in [0.15, 0.2) is 6.10 Å². The van der Waals surface area contributed by atoms with E-state index >= 15 is 0 Å². The third-order valence-corrected chi connectivity index (χ3v) is 13.4. The molecular formula is C58H112O6. The van der Waals surface area contributed by atoms with Crippen LogP contribution < -0.4 is 0 Å². The second kappa shape index (κ2) is 54.0. The summed E-state index contributed by atoms with van der Waals surface area (Å²) in [5.41, 5.74) is 0. The summed E-state index contributed by atoms with van der Waals surface area (Å²) >= 11 is 0. The van der Waals surface area contributed by atoms with E-state index in [-0.39, 0.29) is 31.1 Å². The second-order valence-corrected chi connectivity index (χ2v) is 19.9. The quantitative estimate of drug-likeness (QED) is 0.0344. The van der Waals surface area contributed by atoms with Gasteiger partial charge in [0.05, 0.1) is 0 Å². The Hall–Kier alpha value is -1.59. The normalized spacial score (nSPS) is 11.9. The standard InChI is InChI=1S/C58H112O6/c1-4-7-10-13-16-19-22-24-26-28-29-31-32-34-36-39-42-45-48-51-57(60)63-54-55(53-62-56(59)50-47-44-41-38-21-18-15-12-9-6-3)64-58(61)52-49-46-43-40-37-35-33-30-27-25-23-20-17-14-11-8-5-2/h55H,4-54H2,1-3H3/t55-/m0/s1. The Morgan fingerprint density at radius 1 is 0.250 bits per heavy atom. The number of rotatable bonds is 54. The van der Waals surface area contributed by atoms with Crippen LogP contribution in [0.4, 0.5) is 0 Å². The number of ether oxygens (including phenoxy) is 3. The molecule has 0 heterocycles. The van der Waals surface area contributed by atoms with E-state index < -0.39 is 6.10 Å². The molecule has 0 bridgehead atoms. The average molecular weight is 906 g/mol. The highest BCUT2D eigenvalue weighted by atomic mass is 16.6. The van der Waals surface area contributed by atoms with Gasteiger partial charge >= 0.3 is 17.9 Å². The summed E-state index contributed by atoms with van der Waals surface area (Å²) in [5, 5.41) is 0. The van der Waals surface area contributed by atoms with Crippen LogP contribution in [0.2, 0.25) is 0 Å². The number of carbonyl (C=O) groups is 3. The zero-order chi connectivity index (χ0) is 46.5. The summed E-state index contributed by atoms with van der Waals surface area (Å²) in [4.78, 5) is 38.1. The lowest BCUT2D eigenvalue weighted by atomic mass is 10.0. The predicted octanol–water partition coefficient (Wildman–Crippen LogP) is 19.2. The van der Waals surface area contributed by atoms with Crippen LogP contribution in [0.25, 0.3) is 0 Å². The molecule has 0 aromatic carbocycles. The molecule has 0 rings (SSSR count). The van der Waals surface area contributed by atoms with Gasteiger partial charge in [0.1, 0.15) is 13.2 Å². The van der Waals surface area contributed by atoms with E-state index in [2.05, 4.69) is 20.8 Å². The van der Waals surface area contributed by atoms with Crippen molar-refractivity contribution in [3.8, 4) is 0 Å². The number of unbranched alkanes of at least 4 members (excludes halogenated alkanes) is 43. The Morgan fingerprint density at radius 3 is 0.625 bits per heavy atom. The first kappa shape index (κ1) is 62.4. The van der Waals surface area contributed by atoms with E-state index in [1.165, 1.54) is 238 Å². The van der Waals surface area contributed by atoms with E-state index in [4.69, 9.17) is 14.2 Å². The fourth-order valence-corrected chi connectivity index (χ4v) is 8.98. The Kier molecular flexibility index (Phi) is 52.7. The van der Waals surface area contributed by atoms with Crippen molar-refractivity contribution in [1.82, 2.24) is 0 Å². The molecule has 1 atom stereocenters. The van der Waals surface area contributed by atoms with Gasteiger partial charge in [-0.25, -0.2) is 0 Å². The highest BCUT2D eigenvalue weighted by Crippen LogP contribution is 2.18. The van der Waals surface area contributed by atoms with Crippen molar-refractivity contribution >= 4 is 17.9 Å². The van der Waals surface area contributed by atoms with Gasteiger partial charge in [0, 0.05) is 19.3 Å². The molecule has 64 heavy (non-hydrogen) atoms. The molecular weight excluding hydrogens is 793 g/mol. The van der Waals surface area contributed by atoms with Crippen LogP contribution in [-0.2, 0) is 28.6 Å². The molecule has 0 saturated heterocycles. The maximum atomic E-state index is 12.8. The third-order valence-electron chi connectivity index (χ3n) is 13.4. The minimum atomic E-state index is -0.760. The van der Waals surface area contributed by atoms with E-state index in [0.29, 0.717) is 19.3 Å². The first-order valence-corrected chi connectivity index (χ1v) is 29.0. The molecule has 0 unspecified atom stereocenters. The van der Waals surface area contributed by atoms with Gasteiger partial charge in [-0.3, -0.25) is 14.4 Å². The SMILES string of the molecule is CCCCCCCCCCCCCCCCCCCCCC(=O)OC[C@H](COC(=O)CCCCCCCCCCCC)OC(=O)CCCCCCCCCCCCCCCCCCC. The summed E-state index contributed by atoms with van der Waals surface area (Å²) in [5.74, 6) is -0.835. The van der Waals surface area contributed by atoms with E-state index in [9.17, 15) is 14.4 Å². The zero-order valence-electron chi connectivity index (χ0n) is 43.6. The monoisotopic (exact) mass is 905 g/mol. The summed E-state index contributed by atoms with van der Waals surface area (Å²) in [6.45, 7) is 6.70. The molecule has 0 aromatic rings. The molecule has 380 valence electrons. The lowest BCUT2D eigenvalue weighted by Crippen LogP contribution is -2.30. The number of esters is 3. The second-order valence-electron chi connectivity index (χ2n) is 19.9. The van der Waals surface area contributed by atoms with Gasteiger partial charge in [-0.15, -0.1) is 0 Å². The van der Waals surface area contributed by atoms with Gasteiger partial charge in [-0.05, 0) is 19.3 Å². The average Bonchev–Trinajstić information content (AvgIpc) is 3.29. The van der Waals surface area contributed by atoms with Crippen molar-refractivity contribution in [1.29, 1.82) is 0 Å². The molecule has 0 spiro atoms. The van der Waals surface area contributed by atoms with Gasteiger partial charge in [0.2, 0.25) is 0 Å². The maximum Gasteiger partial charge on any atom is 0.306 e. The Labute approximate surface area is 399 Å². The molecule has 0 saturated carbocycles. The fourth-order valence-electron chi connectivity index (χ4n) is 8.98. The maximum absolute atomic E-state index is 12.8. The zero-order valence-corrected chi connectivity index (χ0v) is 43.6. The minimum absolute atomic E-state index is 0.0612. The van der Waals surface area contributed by atoms with Gasteiger partial charge in [-0.1, -0.05) is 297 Å². The summed E-state index contributed by atoms with van der Waals surface area (Å²) in [6.07, 6.45) is 59.6. The molecule has 0 fully saturated rings. The minimum Gasteiger partial charge on any atom is -0.462 e. The Morgan fingerprint density at radius 2 is 0.422 bits per heavy atom. The van der Waals surface area contributed by atoms with Crippen molar-refractivity contribution in [2.24, 2.45) is 0 Å². The molecule has 0 aliphatic carbocycles. The van der Waals surface area contributed by atoms with Crippen LogP contribution >= 0.6 is 0 Å². The van der Waals surface area contributed by atoms with Crippen LogP contribution in [0, 0.1) is 0 Å². The highest BCUT2D eigenvalue weighted by Gasteiger charge is 2.19. The predicted molar refractivity (Wildman–Crippen MR) is 275 cm³/mol. The van der Waals surface area contributed by atoms with Crippen LogP contribution in [0.3, 0.4) is 0 Å². The van der Waals surface area contributed by atoms with Crippen molar-refractivity contribution < 1.29 is 28.6 Å². The van der Waals surface area contributed by atoms with Crippen LogP contribution in [-0.4, -0.2) is 37.2 Å². The van der Waals surface area contributed by atoms with Crippen LogP contribution in [0.5, 0.6) is 0 Å². The Balaban J connectivity index is 4.22. The van der Waals surface area contributed by atoms with Crippen molar-refractivity contribution in [2.45, 2.75) is 341 Å². The van der Waals surface area contributed by atoms with E-state index in [0.717, 1.165) is 57.8 Å². The first-order valence-electron chi connectivity index (χ1n) is 29.0. The smallest absolute Gasteiger partial charge is 0.306 e. The van der Waals surface area contributed by atoms with Crippen LogP contribution in [0.15, 0.2) is 0 Å². The van der Waals surface area contributed by atoms with E-state index in [1.807, 2.05) is 0 Å². The molecule has 0 aliphatic heterocycles. The molecule has 0 radical (unpaired) electrons. The van der Waals surface area contributed by atoms with Crippen molar-refractivity contribution in [3.05, 3.63) is 0 Å². The molecule has 0 aromatic heterocycles. The number of carbonyl (C=O) groups excluding carboxylic acids is 3. The van der Waals surface area contributed by atoms with Gasteiger partial charge in [-0.2, -0.15) is 0 Å². The van der Waals surface area contributed by atoms with Gasteiger partial charge in [0.25, 0.3) is 0 Å². The molecule has 6 nitrogen and oxygen atoms in total. The molecule has 0 amide bonds. The molecule has 0 N–H and O–H groups in total. The number of hydrogen-bond donors (Lipinski definition) is 0. The lowest BCUT2D eigenvalue weighted by Gasteiger charge is -2.18. The van der Waals surface area contributed by atoms with E-state index in [1.54, 1.807) is 0 Å². The summed E-state index contributed by atoms with van der Waals surface area (Å²) in [6, 6.07) is 0. The van der Waals surface area contributed by atoms with Crippen LogP contribution in [0.1, 0.15) is 335 Å². The molecule has 6 heteroatoms. The third kappa shape index (κ3) is 51.4. The molecule has 0 aliphatic rings. The van der Waals surface area contributed by atoms with Gasteiger partial charge < -0.3 is 14.2 Å². The first-order chi connectivity index (χ1) is 31.5. The number of hydrogen-bond acceptors (Lipinski definition) is 6. The van der Waals surface area contributed by atoms with Crippen molar-refractivity contribution in [2.75, 3.05) is 13.2 Å². The topological polar surface area (TPSA) is 78.9 Å².